The van der Waals surface area contributed by atoms with Gasteiger partial charge in [-0.2, -0.15) is 5.10 Å². The molecule has 1 heterocycles. The van der Waals surface area contributed by atoms with E-state index in [2.05, 4.69) is 30.3 Å². The summed E-state index contributed by atoms with van der Waals surface area (Å²) in [5.74, 6) is 0. The van der Waals surface area contributed by atoms with Gasteiger partial charge in [-0.25, -0.2) is 0 Å². The number of allylic oxidation sites excluding steroid dienone is 1. The fraction of sp³-hybridized carbons (Fsp3) is 0.545. The number of hydrogen-bond acceptors (Lipinski definition) is 2. The van der Waals surface area contributed by atoms with E-state index in [4.69, 9.17) is 0 Å². The van der Waals surface area contributed by atoms with Gasteiger partial charge in [0.05, 0.1) is 6.20 Å². The highest BCUT2D eigenvalue weighted by molar-refractivity contribution is 5.62. The molecule has 0 radical (unpaired) electrons. The quantitative estimate of drug-likeness (QED) is 0.723. The van der Waals surface area contributed by atoms with E-state index in [1.807, 2.05) is 24.1 Å². The minimum atomic E-state index is 1.04. The Morgan fingerprint density at radius 1 is 1.64 bits per heavy atom. The molecule has 0 aliphatic heterocycles. The van der Waals surface area contributed by atoms with Crippen LogP contribution >= 0.6 is 0 Å². The van der Waals surface area contributed by atoms with Crippen LogP contribution in [-0.2, 0) is 7.05 Å². The Kier molecular flexibility index (Phi) is 4.40. The van der Waals surface area contributed by atoms with Crippen LogP contribution in [-0.4, -0.2) is 22.9 Å². The van der Waals surface area contributed by atoms with Crippen molar-refractivity contribution in [2.75, 3.05) is 13.1 Å². The third kappa shape index (κ3) is 3.34. The number of nitrogens with zero attached hydrogens (tertiary/aromatic N) is 2. The molecule has 0 saturated heterocycles. The second kappa shape index (κ2) is 5.60. The van der Waals surface area contributed by atoms with Crippen LogP contribution in [0, 0.1) is 0 Å². The first kappa shape index (κ1) is 11.0. The van der Waals surface area contributed by atoms with E-state index in [-0.39, 0.29) is 0 Å². The van der Waals surface area contributed by atoms with Crippen LogP contribution in [0.2, 0.25) is 0 Å². The summed E-state index contributed by atoms with van der Waals surface area (Å²) >= 11 is 0. The molecule has 3 heteroatoms. The van der Waals surface area contributed by atoms with E-state index < -0.39 is 0 Å². The lowest BCUT2D eigenvalue weighted by atomic mass is 10.1. The Bertz CT molecular complexity index is 299. The summed E-state index contributed by atoms with van der Waals surface area (Å²) in [5.41, 5.74) is 2.51. The van der Waals surface area contributed by atoms with Crippen LogP contribution < -0.4 is 5.32 Å². The normalized spacial score (nSPS) is 12.1. The fourth-order valence-electron chi connectivity index (χ4n) is 1.31. The van der Waals surface area contributed by atoms with Crippen molar-refractivity contribution in [3.05, 3.63) is 24.0 Å². The van der Waals surface area contributed by atoms with E-state index in [1.165, 1.54) is 11.1 Å². The molecule has 0 amide bonds. The van der Waals surface area contributed by atoms with Gasteiger partial charge in [0, 0.05) is 18.8 Å². The second-order valence-corrected chi connectivity index (χ2v) is 3.43. The van der Waals surface area contributed by atoms with Crippen LogP contribution in [0.25, 0.3) is 5.57 Å². The van der Waals surface area contributed by atoms with Gasteiger partial charge in [0.15, 0.2) is 0 Å². The van der Waals surface area contributed by atoms with Crippen molar-refractivity contribution in [2.24, 2.45) is 7.05 Å². The Labute approximate surface area is 85.8 Å². The van der Waals surface area contributed by atoms with Crippen molar-refractivity contribution in [3.63, 3.8) is 0 Å². The first-order chi connectivity index (χ1) is 6.74. The van der Waals surface area contributed by atoms with Gasteiger partial charge in [-0.1, -0.05) is 13.0 Å². The topological polar surface area (TPSA) is 29.9 Å². The lowest BCUT2D eigenvalue weighted by Crippen LogP contribution is -2.13. The molecular weight excluding hydrogens is 174 g/mol. The average molecular weight is 193 g/mol. The van der Waals surface area contributed by atoms with Crippen molar-refractivity contribution in [3.8, 4) is 0 Å². The van der Waals surface area contributed by atoms with Gasteiger partial charge >= 0.3 is 0 Å². The Hall–Kier alpha value is -1.09. The Balaban J connectivity index is 2.44. The number of aryl methyl sites for hydroxylation is 1. The van der Waals surface area contributed by atoms with Gasteiger partial charge in [-0.15, -0.1) is 0 Å². The zero-order chi connectivity index (χ0) is 10.4. The maximum absolute atomic E-state index is 4.14. The zero-order valence-corrected chi connectivity index (χ0v) is 9.25. The van der Waals surface area contributed by atoms with Crippen molar-refractivity contribution in [1.29, 1.82) is 0 Å². The van der Waals surface area contributed by atoms with Gasteiger partial charge in [0.1, 0.15) is 0 Å². The summed E-state index contributed by atoms with van der Waals surface area (Å²) < 4.78 is 1.83. The molecule has 0 bridgehead atoms. The zero-order valence-electron chi connectivity index (χ0n) is 9.25. The molecule has 0 aliphatic rings. The molecule has 14 heavy (non-hydrogen) atoms. The number of nitrogens with one attached hydrogen (secondary N) is 1. The molecule has 0 unspecified atom stereocenters. The maximum atomic E-state index is 4.14. The average Bonchev–Trinajstić information content (AvgIpc) is 2.59. The third-order valence-electron chi connectivity index (χ3n) is 2.18. The highest BCUT2D eigenvalue weighted by Crippen LogP contribution is 2.12. The van der Waals surface area contributed by atoms with Crippen molar-refractivity contribution in [1.82, 2.24) is 15.1 Å². The van der Waals surface area contributed by atoms with E-state index in [0.717, 1.165) is 19.5 Å². The maximum Gasteiger partial charge on any atom is 0.0564 e. The molecule has 0 aliphatic carbocycles. The monoisotopic (exact) mass is 193 g/mol. The molecule has 1 aromatic rings. The highest BCUT2D eigenvalue weighted by atomic mass is 15.2. The molecular formula is C11H19N3. The van der Waals surface area contributed by atoms with Gasteiger partial charge in [-0.05, 0) is 32.0 Å². The standard InChI is InChI=1S/C11H19N3/c1-4-12-7-5-6-10(2)11-8-13-14(3)9-11/h6,8-9,12H,4-5,7H2,1-3H3. The van der Waals surface area contributed by atoms with Crippen LogP contribution in [0.3, 0.4) is 0 Å². The summed E-state index contributed by atoms with van der Waals surface area (Å²) in [6, 6.07) is 0. The summed E-state index contributed by atoms with van der Waals surface area (Å²) in [7, 11) is 1.94. The van der Waals surface area contributed by atoms with E-state index in [0.29, 0.717) is 0 Å². The van der Waals surface area contributed by atoms with E-state index in [9.17, 15) is 0 Å². The summed E-state index contributed by atoms with van der Waals surface area (Å²) in [6.07, 6.45) is 7.27. The minimum absolute atomic E-state index is 1.04. The smallest absolute Gasteiger partial charge is 0.0564 e. The van der Waals surface area contributed by atoms with Crippen LogP contribution in [0.5, 0.6) is 0 Å². The van der Waals surface area contributed by atoms with E-state index >= 15 is 0 Å². The third-order valence-corrected chi connectivity index (χ3v) is 2.18. The fourth-order valence-corrected chi connectivity index (χ4v) is 1.31. The predicted molar refractivity (Wildman–Crippen MR) is 60.0 cm³/mol. The number of rotatable bonds is 5. The first-order valence-corrected chi connectivity index (χ1v) is 5.10. The van der Waals surface area contributed by atoms with Crippen molar-refractivity contribution in [2.45, 2.75) is 20.3 Å². The molecule has 0 fully saturated rings. The summed E-state index contributed by atoms with van der Waals surface area (Å²) in [5, 5.41) is 7.44. The van der Waals surface area contributed by atoms with E-state index in [1.54, 1.807) is 0 Å². The Morgan fingerprint density at radius 3 is 3.00 bits per heavy atom. The lowest BCUT2D eigenvalue weighted by molar-refractivity contribution is 0.727. The van der Waals surface area contributed by atoms with Gasteiger partial charge in [0.25, 0.3) is 0 Å². The van der Waals surface area contributed by atoms with Gasteiger partial charge < -0.3 is 5.32 Å². The highest BCUT2D eigenvalue weighted by Gasteiger charge is 1.96. The van der Waals surface area contributed by atoms with Crippen molar-refractivity contribution >= 4 is 5.57 Å². The number of aromatic nitrogens is 2. The van der Waals surface area contributed by atoms with Crippen LogP contribution in [0.1, 0.15) is 25.8 Å². The molecule has 1 aromatic heterocycles. The SMILES string of the molecule is CCNCCC=C(C)c1cnn(C)c1. The van der Waals surface area contributed by atoms with Crippen LogP contribution in [0.15, 0.2) is 18.5 Å². The van der Waals surface area contributed by atoms with Crippen molar-refractivity contribution < 1.29 is 0 Å². The molecule has 1 rings (SSSR count). The second-order valence-electron chi connectivity index (χ2n) is 3.43. The first-order valence-electron chi connectivity index (χ1n) is 5.10. The molecule has 0 atom stereocenters. The molecule has 0 saturated carbocycles. The molecule has 0 spiro atoms. The predicted octanol–water partition coefficient (Wildman–Crippen LogP) is 1.82. The molecule has 1 N–H and O–H groups in total. The minimum Gasteiger partial charge on any atom is -0.317 e. The summed E-state index contributed by atoms with van der Waals surface area (Å²) in [6.45, 7) is 6.34. The molecule has 0 aromatic carbocycles. The largest absolute Gasteiger partial charge is 0.317 e. The van der Waals surface area contributed by atoms with Gasteiger partial charge in [0.2, 0.25) is 0 Å². The van der Waals surface area contributed by atoms with Crippen LogP contribution in [0.4, 0.5) is 0 Å². The Morgan fingerprint density at radius 2 is 2.43 bits per heavy atom. The molecule has 78 valence electrons. The summed E-state index contributed by atoms with van der Waals surface area (Å²) in [4.78, 5) is 0. The number of hydrogen-bond donors (Lipinski definition) is 1. The molecule has 3 nitrogen and oxygen atoms in total. The lowest BCUT2D eigenvalue weighted by Gasteiger charge is -1.98. The van der Waals surface area contributed by atoms with Gasteiger partial charge in [-0.3, -0.25) is 4.68 Å².